The Morgan fingerprint density at radius 1 is 0.962 bits per heavy atom. The third kappa shape index (κ3) is 4.27. The van der Waals surface area contributed by atoms with E-state index >= 15 is 0 Å². The fourth-order valence-electron chi connectivity index (χ4n) is 6.23. The number of aliphatic hydroxyl groups excluding tert-OH is 1. The Labute approximate surface area is 159 Å². The van der Waals surface area contributed by atoms with Crippen LogP contribution < -0.4 is 21.3 Å². The molecule has 8 atom stereocenters. The van der Waals surface area contributed by atoms with Gasteiger partial charge in [-0.3, -0.25) is 10.6 Å². The van der Waals surface area contributed by atoms with Crippen LogP contribution in [-0.2, 0) is 0 Å². The van der Waals surface area contributed by atoms with E-state index in [9.17, 15) is 5.11 Å². The molecule has 0 bridgehead atoms. The molecule has 4 rings (SSSR count). The highest BCUT2D eigenvalue weighted by molar-refractivity contribution is 5.01. The molecule has 0 radical (unpaired) electrons. The first-order valence-electron chi connectivity index (χ1n) is 11.4. The van der Waals surface area contributed by atoms with Gasteiger partial charge in [0.2, 0.25) is 0 Å². The van der Waals surface area contributed by atoms with Crippen LogP contribution in [0.1, 0.15) is 64.7 Å². The van der Waals surface area contributed by atoms with E-state index < -0.39 is 0 Å². The minimum Gasteiger partial charge on any atom is -0.391 e. The van der Waals surface area contributed by atoms with Gasteiger partial charge in [0.05, 0.1) is 12.3 Å². The molecule has 3 heterocycles. The molecule has 8 unspecified atom stereocenters. The molecule has 5 heteroatoms. The van der Waals surface area contributed by atoms with Crippen molar-refractivity contribution in [1.82, 2.24) is 21.3 Å². The van der Waals surface area contributed by atoms with Gasteiger partial charge in [-0.15, -0.1) is 0 Å². The fraction of sp³-hybridized carbons (Fsp3) is 1.00. The molecule has 1 aliphatic carbocycles. The van der Waals surface area contributed by atoms with Gasteiger partial charge in [0.1, 0.15) is 0 Å². The Hall–Kier alpha value is -0.200. The summed E-state index contributed by atoms with van der Waals surface area (Å²) in [4.78, 5) is 0. The van der Waals surface area contributed by atoms with Gasteiger partial charge in [-0.2, -0.15) is 0 Å². The Kier molecular flexibility index (Phi) is 6.53. The van der Waals surface area contributed by atoms with Gasteiger partial charge < -0.3 is 15.7 Å². The van der Waals surface area contributed by atoms with E-state index in [4.69, 9.17) is 0 Å². The van der Waals surface area contributed by atoms with Gasteiger partial charge in [0.25, 0.3) is 0 Å². The lowest BCUT2D eigenvalue weighted by atomic mass is 9.67. The zero-order valence-electron chi connectivity index (χ0n) is 16.6. The monoisotopic (exact) mass is 364 g/mol. The van der Waals surface area contributed by atoms with Crippen LogP contribution >= 0.6 is 0 Å². The van der Waals surface area contributed by atoms with Gasteiger partial charge in [-0.25, -0.2) is 0 Å². The van der Waals surface area contributed by atoms with Crippen LogP contribution in [-0.4, -0.2) is 55.1 Å². The van der Waals surface area contributed by atoms with Crippen LogP contribution in [0.15, 0.2) is 0 Å². The van der Waals surface area contributed by atoms with Crippen molar-refractivity contribution in [3.8, 4) is 0 Å². The number of hydrogen-bond acceptors (Lipinski definition) is 5. The average molecular weight is 365 g/mol. The molecule has 0 aromatic carbocycles. The summed E-state index contributed by atoms with van der Waals surface area (Å²) >= 11 is 0. The summed E-state index contributed by atoms with van der Waals surface area (Å²) in [5, 5.41) is 26.4. The third-order valence-electron chi connectivity index (χ3n) is 7.63. The van der Waals surface area contributed by atoms with Gasteiger partial charge >= 0.3 is 0 Å². The highest BCUT2D eigenvalue weighted by Gasteiger charge is 2.45. The number of hydrogen-bond donors (Lipinski definition) is 5. The molecular weight excluding hydrogens is 324 g/mol. The Morgan fingerprint density at radius 3 is 2.65 bits per heavy atom. The van der Waals surface area contributed by atoms with E-state index in [-0.39, 0.29) is 6.10 Å². The lowest BCUT2D eigenvalue weighted by Crippen LogP contribution is -2.63. The summed E-state index contributed by atoms with van der Waals surface area (Å²) in [6, 6.07) is 1.35. The molecule has 5 N–H and O–H groups in total. The van der Waals surface area contributed by atoms with Crippen molar-refractivity contribution in [3.63, 3.8) is 0 Å². The van der Waals surface area contributed by atoms with Crippen molar-refractivity contribution < 1.29 is 5.11 Å². The van der Waals surface area contributed by atoms with Crippen LogP contribution in [0, 0.1) is 17.8 Å². The molecule has 4 aliphatic rings. The molecule has 0 spiro atoms. The second-order valence-electron chi connectivity index (χ2n) is 9.46. The molecule has 0 amide bonds. The minimum atomic E-state index is -0.200. The molecule has 1 saturated carbocycles. The summed E-state index contributed by atoms with van der Waals surface area (Å²) in [5.41, 5.74) is 0. The average Bonchev–Trinajstić information content (AvgIpc) is 2.68. The predicted octanol–water partition coefficient (Wildman–Crippen LogP) is 1.57. The van der Waals surface area contributed by atoms with Crippen molar-refractivity contribution in [3.05, 3.63) is 0 Å². The van der Waals surface area contributed by atoms with Crippen LogP contribution in [0.5, 0.6) is 0 Å². The lowest BCUT2D eigenvalue weighted by molar-refractivity contribution is -0.0314. The van der Waals surface area contributed by atoms with Gasteiger partial charge in [-0.1, -0.05) is 0 Å². The second kappa shape index (κ2) is 8.87. The molecule has 150 valence electrons. The third-order valence-corrected chi connectivity index (χ3v) is 7.63. The predicted molar refractivity (Wildman–Crippen MR) is 106 cm³/mol. The van der Waals surface area contributed by atoms with Crippen molar-refractivity contribution in [2.45, 2.75) is 95.1 Å². The smallest absolute Gasteiger partial charge is 0.0738 e. The molecular formula is C21H40N4O. The number of piperidine rings is 3. The summed E-state index contributed by atoms with van der Waals surface area (Å²) in [5.74, 6) is 1.71. The summed E-state index contributed by atoms with van der Waals surface area (Å²) < 4.78 is 0. The summed E-state index contributed by atoms with van der Waals surface area (Å²) in [6.07, 6.45) is 11.6. The number of nitrogens with one attached hydrogen (secondary N) is 4. The topological polar surface area (TPSA) is 68.3 Å². The number of rotatable bonds is 4. The normalized spacial score (nSPS) is 45.7. The first-order valence-corrected chi connectivity index (χ1v) is 11.4. The standard InChI is InChI=1S/C21H40N4O/c1-14-5-2-8-18(24-14)25-19(16-7-3-11-22-13-16)17-10-9-15-6-4-12-23-20(15)21(17)26/h14-26H,2-13H2,1H3. The molecule has 0 aromatic heterocycles. The highest BCUT2D eigenvalue weighted by atomic mass is 16.3. The number of aliphatic hydroxyl groups is 1. The zero-order valence-corrected chi connectivity index (χ0v) is 16.6. The molecule has 4 fully saturated rings. The lowest BCUT2D eigenvalue weighted by Gasteiger charge is -2.49. The molecule has 5 nitrogen and oxygen atoms in total. The molecule has 0 aromatic rings. The van der Waals surface area contributed by atoms with Gasteiger partial charge in [0, 0.05) is 24.0 Å². The Balaban J connectivity index is 1.47. The summed E-state index contributed by atoms with van der Waals surface area (Å²) in [7, 11) is 0. The highest BCUT2D eigenvalue weighted by Crippen LogP contribution is 2.38. The van der Waals surface area contributed by atoms with Crippen LogP contribution in [0.2, 0.25) is 0 Å². The summed E-state index contributed by atoms with van der Waals surface area (Å²) in [6.45, 7) is 5.64. The molecule has 3 aliphatic heterocycles. The first kappa shape index (κ1) is 19.1. The molecule has 3 saturated heterocycles. The van der Waals surface area contributed by atoms with Crippen molar-refractivity contribution in [1.29, 1.82) is 0 Å². The Morgan fingerprint density at radius 2 is 1.85 bits per heavy atom. The second-order valence-corrected chi connectivity index (χ2v) is 9.46. The maximum absolute atomic E-state index is 11.3. The minimum absolute atomic E-state index is 0.200. The van der Waals surface area contributed by atoms with E-state index in [1.165, 1.54) is 57.8 Å². The fourth-order valence-corrected chi connectivity index (χ4v) is 6.23. The first-order chi connectivity index (χ1) is 12.7. The Bertz CT molecular complexity index is 442. The van der Waals surface area contributed by atoms with Crippen molar-refractivity contribution in [2.75, 3.05) is 19.6 Å². The maximum atomic E-state index is 11.3. The maximum Gasteiger partial charge on any atom is 0.0738 e. The van der Waals surface area contributed by atoms with Gasteiger partial charge in [0.15, 0.2) is 0 Å². The van der Waals surface area contributed by atoms with E-state index in [0.29, 0.717) is 42.0 Å². The molecule has 26 heavy (non-hydrogen) atoms. The van der Waals surface area contributed by atoms with E-state index in [0.717, 1.165) is 19.6 Å². The van der Waals surface area contributed by atoms with Crippen LogP contribution in [0.3, 0.4) is 0 Å². The van der Waals surface area contributed by atoms with Crippen LogP contribution in [0.25, 0.3) is 0 Å². The zero-order chi connectivity index (χ0) is 17.9. The van der Waals surface area contributed by atoms with Crippen molar-refractivity contribution >= 4 is 0 Å². The number of fused-ring (bicyclic) bond motifs is 1. The SMILES string of the molecule is CC1CCCC(NC(C2CCCNC2)C2CCC3CCCNC3C2O)N1. The van der Waals surface area contributed by atoms with E-state index in [1.807, 2.05) is 0 Å². The largest absolute Gasteiger partial charge is 0.391 e. The van der Waals surface area contributed by atoms with Gasteiger partial charge in [-0.05, 0) is 96.2 Å². The quantitative estimate of drug-likeness (QED) is 0.524. The van der Waals surface area contributed by atoms with Crippen LogP contribution in [0.4, 0.5) is 0 Å². The van der Waals surface area contributed by atoms with Crippen molar-refractivity contribution in [2.24, 2.45) is 17.8 Å². The van der Waals surface area contributed by atoms with E-state index in [2.05, 4.69) is 28.2 Å². The van der Waals surface area contributed by atoms with E-state index in [1.54, 1.807) is 0 Å².